The maximum absolute atomic E-state index is 12.8. The minimum absolute atomic E-state index is 0.00641. The van der Waals surface area contributed by atoms with E-state index in [1.165, 1.54) is 0 Å². The lowest BCUT2D eigenvalue weighted by molar-refractivity contribution is -0.137. The lowest BCUT2D eigenvalue weighted by atomic mass is 9.98. The molecule has 0 bridgehead atoms. The van der Waals surface area contributed by atoms with Gasteiger partial charge in [-0.2, -0.15) is 0 Å². The number of rotatable bonds is 8. The molecule has 2 aliphatic carbocycles. The van der Waals surface area contributed by atoms with E-state index in [4.69, 9.17) is 9.84 Å². The van der Waals surface area contributed by atoms with Crippen molar-refractivity contribution in [3.05, 3.63) is 59.7 Å². The van der Waals surface area contributed by atoms with Gasteiger partial charge in [0.25, 0.3) is 0 Å². The highest BCUT2D eigenvalue weighted by Crippen LogP contribution is 2.44. The fraction of sp³-hybridized carbons (Fsp3) is 0.423. The van der Waals surface area contributed by atoms with Gasteiger partial charge in [-0.15, -0.1) is 0 Å². The second-order valence-electron chi connectivity index (χ2n) is 8.98. The van der Waals surface area contributed by atoms with Crippen LogP contribution in [0, 0.1) is 5.92 Å². The van der Waals surface area contributed by atoms with E-state index < -0.39 is 18.1 Å². The van der Waals surface area contributed by atoms with Crippen LogP contribution in [0.15, 0.2) is 48.5 Å². The Bertz CT molecular complexity index is 991. The lowest BCUT2D eigenvalue weighted by Crippen LogP contribution is -2.50. The molecule has 4 rings (SSSR count). The summed E-state index contributed by atoms with van der Waals surface area (Å²) < 4.78 is 5.54. The number of carbonyl (C=O) groups is 3. The monoisotopic (exact) mass is 450 g/mol. The van der Waals surface area contributed by atoms with Gasteiger partial charge in [0.15, 0.2) is 0 Å². The van der Waals surface area contributed by atoms with Gasteiger partial charge in [0, 0.05) is 18.4 Å². The van der Waals surface area contributed by atoms with Crippen molar-refractivity contribution in [3.63, 3.8) is 0 Å². The number of aliphatic carboxylic acids is 1. The first-order valence-corrected chi connectivity index (χ1v) is 11.6. The predicted molar refractivity (Wildman–Crippen MR) is 124 cm³/mol. The molecule has 2 amide bonds. The summed E-state index contributed by atoms with van der Waals surface area (Å²) in [6, 6.07) is 15.2. The SMILES string of the molecule is CC1CCCC1NC(=O)C(CCC(=O)O)NC(=O)OCC1c2ccccc2-c2ccccc21. The van der Waals surface area contributed by atoms with Gasteiger partial charge in [-0.3, -0.25) is 9.59 Å². The van der Waals surface area contributed by atoms with E-state index in [1.54, 1.807) is 0 Å². The van der Waals surface area contributed by atoms with Gasteiger partial charge < -0.3 is 20.5 Å². The van der Waals surface area contributed by atoms with Gasteiger partial charge in [0.05, 0.1) is 0 Å². The van der Waals surface area contributed by atoms with Gasteiger partial charge in [-0.25, -0.2) is 4.79 Å². The van der Waals surface area contributed by atoms with Crippen molar-refractivity contribution >= 4 is 18.0 Å². The minimum Gasteiger partial charge on any atom is -0.481 e. The van der Waals surface area contributed by atoms with E-state index in [0.717, 1.165) is 41.5 Å². The average molecular weight is 451 g/mol. The minimum atomic E-state index is -1.02. The van der Waals surface area contributed by atoms with Gasteiger partial charge in [-0.1, -0.05) is 61.9 Å². The van der Waals surface area contributed by atoms with Gasteiger partial charge in [-0.05, 0) is 47.4 Å². The van der Waals surface area contributed by atoms with Crippen molar-refractivity contribution in [2.24, 2.45) is 5.92 Å². The largest absolute Gasteiger partial charge is 0.481 e. The Labute approximate surface area is 193 Å². The quantitative estimate of drug-likeness (QED) is 0.563. The number of benzene rings is 2. The number of amides is 2. The number of hydrogen-bond donors (Lipinski definition) is 3. The maximum Gasteiger partial charge on any atom is 0.407 e. The van der Waals surface area contributed by atoms with Crippen molar-refractivity contribution in [3.8, 4) is 11.1 Å². The third-order valence-corrected chi connectivity index (χ3v) is 6.79. The zero-order chi connectivity index (χ0) is 23.4. The van der Waals surface area contributed by atoms with Crippen LogP contribution in [0.2, 0.25) is 0 Å². The van der Waals surface area contributed by atoms with Crippen LogP contribution < -0.4 is 10.6 Å². The summed E-state index contributed by atoms with van der Waals surface area (Å²) in [4.78, 5) is 36.5. The van der Waals surface area contributed by atoms with E-state index in [9.17, 15) is 14.4 Å². The number of carbonyl (C=O) groups excluding carboxylic acids is 2. The zero-order valence-corrected chi connectivity index (χ0v) is 18.8. The number of hydrogen-bond acceptors (Lipinski definition) is 4. The Morgan fingerprint density at radius 2 is 1.67 bits per heavy atom. The first kappa shape index (κ1) is 22.8. The summed E-state index contributed by atoms with van der Waals surface area (Å²) >= 11 is 0. The third kappa shape index (κ3) is 5.18. The lowest BCUT2D eigenvalue weighted by Gasteiger charge is -2.23. The highest BCUT2D eigenvalue weighted by molar-refractivity contribution is 5.86. The Balaban J connectivity index is 1.40. The standard InChI is InChI=1S/C26H30N2O5/c1-16-7-6-12-22(16)27-25(31)23(13-14-24(29)30)28-26(32)33-15-21-19-10-4-2-8-17(19)18-9-3-5-11-20(18)21/h2-5,8-11,16,21-23H,6-7,12-15H2,1H3,(H,27,31)(H,28,32)(H,29,30). The molecular weight excluding hydrogens is 420 g/mol. The van der Waals surface area contributed by atoms with Crippen molar-refractivity contribution in [1.82, 2.24) is 10.6 Å². The molecule has 3 N–H and O–H groups in total. The van der Waals surface area contributed by atoms with Crippen LogP contribution in [0.25, 0.3) is 11.1 Å². The number of ether oxygens (including phenoxy) is 1. The fourth-order valence-electron chi connectivity index (χ4n) is 4.96. The smallest absolute Gasteiger partial charge is 0.407 e. The normalized spacial score (nSPS) is 19.9. The number of carboxylic acid groups (broad SMARTS) is 1. The molecule has 1 fully saturated rings. The zero-order valence-electron chi connectivity index (χ0n) is 18.8. The van der Waals surface area contributed by atoms with Crippen LogP contribution in [0.3, 0.4) is 0 Å². The summed E-state index contributed by atoms with van der Waals surface area (Å²) in [5, 5.41) is 14.6. The summed E-state index contributed by atoms with van der Waals surface area (Å²) in [5.41, 5.74) is 4.46. The van der Waals surface area contributed by atoms with E-state index in [2.05, 4.69) is 29.7 Å². The number of carboxylic acids is 1. The number of fused-ring (bicyclic) bond motifs is 3. The van der Waals surface area contributed by atoms with Crippen molar-refractivity contribution in [1.29, 1.82) is 0 Å². The summed E-state index contributed by atoms with van der Waals surface area (Å²) in [5.74, 6) is -1.10. The Kier molecular flexibility index (Phi) is 6.96. The van der Waals surface area contributed by atoms with E-state index in [-0.39, 0.29) is 37.3 Å². The molecule has 0 radical (unpaired) electrons. The van der Waals surface area contributed by atoms with Gasteiger partial charge in [0.1, 0.15) is 12.6 Å². The number of nitrogens with one attached hydrogen (secondary N) is 2. The average Bonchev–Trinajstić information content (AvgIpc) is 3.35. The molecule has 1 saturated carbocycles. The van der Waals surface area contributed by atoms with Crippen molar-refractivity contribution in [2.75, 3.05) is 6.61 Å². The second-order valence-corrected chi connectivity index (χ2v) is 8.98. The van der Waals surface area contributed by atoms with Crippen LogP contribution in [0.1, 0.15) is 56.1 Å². The predicted octanol–water partition coefficient (Wildman–Crippen LogP) is 4.06. The Hall–Kier alpha value is -3.35. The summed E-state index contributed by atoms with van der Waals surface area (Å²) in [6.07, 6.45) is 2.05. The molecule has 174 valence electrons. The highest BCUT2D eigenvalue weighted by Gasteiger charge is 2.31. The van der Waals surface area contributed by atoms with Gasteiger partial charge in [0.2, 0.25) is 5.91 Å². The molecular formula is C26H30N2O5. The molecule has 7 heteroatoms. The fourth-order valence-corrected chi connectivity index (χ4v) is 4.96. The molecule has 2 aromatic rings. The van der Waals surface area contributed by atoms with Gasteiger partial charge >= 0.3 is 12.1 Å². The van der Waals surface area contributed by atoms with Crippen molar-refractivity contribution in [2.45, 2.75) is 57.0 Å². The van der Waals surface area contributed by atoms with Crippen LogP contribution in [-0.4, -0.2) is 41.8 Å². The third-order valence-electron chi connectivity index (χ3n) is 6.79. The molecule has 33 heavy (non-hydrogen) atoms. The van der Waals surface area contributed by atoms with E-state index in [0.29, 0.717) is 5.92 Å². The molecule has 0 spiro atoms. The second kappa shape index (κ2) is 10.1. The topological polar surface area (TPSA) is 105 Å². The molecule has 2 aliphatic rings. The number of alkyl carbamates (subject to hydrolysis) is 1. The molecule has 7 nitrogen and oxygen atoms in total. The van der Waals surface area contributed by atoms with Crippen LogP contribution >= 0.6 is 0 Å². The Morgan fingerprint density at radius 3 is 2.24 bits per heavy atom. The molecule has 2 aromatic carbocycles. The molecule has 3 unspecified atom stereocenters. The van der Waals surface area contributed by atoms with Crippen LogP contribution in [-0.2, 0) is 14.3 Å². The van der Waals surface area contributed by atoms with E-state index in [1.807, 2.05) is 36.4 Å². The first-order chi connectivity index (χ1) is 15.9. The van der Waals surface area contributed by atoms with Crippen LogP contribution in [0.4, 0.5) is 4.79 Å². The van der Waals surface area contributed by atoms with Crippen molar-refractivity contribution < 1.29 is 24.2 Å². The molecule has 0 saturated heterocycles. The maximum atomic E-state index is 12.8. The molecule has 3 atom stereocenters. The molecule has 0 heterocycles. The Morgan fingerprint density at radius 1 is 1.03 bits per heavy atom. The van der Waals surface area contributed by atoms with Crippen LogP contribution in [0.5, 0.6) is 0 Å². The summed E-state index contributed by atoms with van der Waals surface area (Å²) in [7, 11) is 0. The molecule has 0 aromatic heterocycles. The van der Waals surface area contributed by atoms with E-state index >= 15 is 0 Å². The highest BCUT2D eigenvalue weighted by atomic mass is 16.5. The summed E-state index contributed by atoms with van der Waals surface area (Å²) in [6.45, 7) is 2.22. The first-order valence-electron chi connectivity index (χ1n) is 11.6. The molecule has 0 aliphatic heterocycles.